The Balaban J connectivity index is 1.94. The maximum absolute atomic E-state index is 12.9. The lowest BCUT2D eigenvalue weighted by molar-refractivity contribution is -0.140. The van der Waals surface area contributed by atoms with Crippen LogP contribution in [0, 0.1) is 5.82 Å². The summed E-state index contributed by atoms with van der Waals surface area (Å²) in [7, 11) is 0. The molecule has 1 aromatic carbocycles. The summed E-state index contributed by atoms with van der Waals surface area (Å²) in [5.41, 5.74) is 0.994. The summed E-state index contributed by atoms with van der Waals surface area (Å²) in [6, 6.07) is 5.79. The van der Waals surface area contributed by atoms with E-state index in [0.29, 0.717) is 6.42 Å². The van der Waals surface area contributed by atoms with Gasteiger partial charge < -0.3 is 5.32 Å². The van der Waals surface area contributed by atoms with Crippen molar-refractivity contribution in [3.05, 3.63) is 35.6 Å². The number of likely N-dealkylation sites (tertiary alicyclic amines) is 1. The van der Waals surface area contributed by atoms with Crippen molar-refractivity contribution < 1.29 is 14.0 Å². The monoisotopic (exact) mass is 292 g/mol. The number of halogens is 1. The predicted molar refractivity (Wildman–Crippen MR) is 78.1 cm³/mol. The Hall–Kier alpha value is -1.75. The highest BCUT2D eigenvalue weighted by atomic mass is 19.1. The average molecular weight is 292 g/mol. The number of amides is 2. The van der Waals surface area contributed by atoms with Crippen molar-refractivity contribution in [1.29, 1.82) is 0 Å². The maximum Gasteiger partial charge on any atom is 0.247 e. The Morgan fingerprint density at radius 1 is 1.24 bits per heavy atom. The molecule has 0 radical (unpaired) electrons. The fourth-order valence-electron chi connectivity index (χ4n) is 2.70. The number of carbonyl (C=O) groups is 2. The van der Waals surface area contributed by atoms with E-state index in [1.807, 2.05) is 20.8 Å². The minimum Gasteiger partial charge on any atom is -0.303 e. The van der Waals surface area contributed by atoms with Crippen molar-refractivity contribution in [3.63, 3.8) is 0 Å². The molecule has 1 N–H and O–H groups in total. The second kappa shape index (κ2) is 6.35. The molecular weight excluding hydrogens is 271 g/mol. The Bertz CT molecular complexity index is 528. The molecule has 0 bridgehead atoms. The lowest BCUT2D eigenvalue weighted by atomic mass is 10.1. The zero-order valence-electron chi connectivity index (χ0n) is 12.6. The Kier molecular flexibility index (Phi) is 4.73. The molecule has 0 spiro atoms. The van der Waals surface area contributed by atoms with E-state index in [4.69, 9.17) is 0 Å². The van der Waals surface area contributed by atoms with Crippen molar-refractivity contribution >= 4 is 11.8 Å². The molecule has 1 aliphatic heterocycles. The molecule has 2 atom stereocenters. The van der Waals surface area contributed by atoms with Crippen LogP contribution in [0.25, 0.3) is 0 Å². The van der Waals surface area contributed by atoms with Gasteiger partial charge in [0.15, 0.2) is 0 Å². The zero-order chi connectivity index (χ0) is 15.6. The molecule has 1 saturated heterocycles. The Labute approximate surface area is 124 Å². The molecule has 2 unspecified atom stereocenters. The third-order valence-corrected chi connectivity index (χ3v) is 3.64. The van der Waals surface area contributed by atoms with E-state index in [0.717, 1.165) is 5.56 Å². The van der Waals surface area contributed by atoms with Gasteiger partial charge in [-0.15, -0.1) is 0 Å². The van der Waals surface area contributed by atoms with E-state index < -0.39 is 6.04 Å². The molecule has 0 saturated carbocycles. The van der Waals surface area contributed by atoms with E-state index in [1.54, 1.807) is 12.1 Å². The molecule has 4 nitrogen and oxygen atoms in total. The Morgan fingerprint density at radius 2 is 1.86 bits per heavy atom. The summed E-state index contributed by atoms with van der Waals surface area (Å²) >= 11 is 0. The summed E-state index contributed by atoms with van der Waals surface area (Å²) in [6.45, 7) is 5.62. The Morgan fingerprint density at radius 3 is 2.38 bits per heavy atom. The normalized spacial score (nSPS) is 20.4. The van der Waals surface area contributed by atoms with Crippen molar-refractivity contribution in [2.75, 3.05) is 0 Å². The second-order valence-electron chi connectivity index (χ2n) is 5.85. The molecule has 0 aliphatic carbocycles. The van der Waals surface area contributed by atoms with Gasteiger partial charge in [0.2, 0.25) is 11.8 Å². The average Bonchev–Trinajstić information content (AvgIpc) is 2.67. The first-order valence-electron chi connectivity index (χ1n) is 7.25. The smallest absolute Gasteiger partial charge is 0.247 e. The van der Waals surface area contributed by atoms with Gasteiger partial charge in [-0.05, 0) is 44.9 Å². The zero-order valence-corrected chi connectivity index (χ0v) is 12.6. The van der Waals surface area contributed by atoms with Gasteiger partial charge in [-0.1, -0.05) is 12.1 Å². The van der Waals surface area contributed by atoms with Crippen LogP contribution in [0.4, 0.5) is 4.39 Å². The molecule has 1 aliphatic rings. The van der Waals surface area contributed by atoms with Crippen LogP contribution in [0.3, 0.4) is 0 Å². The number of benzene rings is 1. The standard InChI is InChI=1S/C16H21FN2O2/c1-10(2)19-15(20)9-14(16(19)21)18-11(3)8-12-4-6-13(17)7-5-12/h4-7,10-11,14,18H,8-9H2,1-3H3. The molecule has 21 heavy (non-hydrogen) atoms. The van der Waals surface area contributed by atoms with Crippen molar-refractivity contribution in [1.82, 2.24) is 10.2 Å². The lowest BCUT2D eigenvalue weighted by Gasteiger charge is -2.21. The second-order valence-corrected chi connectivity index (χ2v) is 5.85. The quantitative estimate of drug-likeness (QED) is 0.843. The summed E-state index contributed by atoms with van der Waals surface area (Å²) in [5.74, 6) is -0.536. The number of nitrogens with zero attached hydrogens (tertiary/aromatic N) is 1. The SMILES string of the molecule is CC(Cc1ccc(F)cc1)NC1CC(=O)N(C(C)C)C1=O. The molecular formula is C16H21FN2O2. The topological polar surface area (TPSA) is 49.4 Å². The van der Waals surface area contributed by atoms with Gasteiger partial charge in [-0.3, -0.25) is 14.5 Å². The maximum atomic E-state index is 12.9. The summed E-state index contributed by atoms with van der Waals surface area (Å²) in [4.78, 5) is 25.3. The van der Waals surface area contributed by atoms with Gasteiger partial charge in [-0.25, -0.2) is 4.39 Å². The first kappa shape index (κ1) is 15.6. The van der Waals surface area contributed by atoms with Crippen LogP contribution < -0.4 is 5.32 Å². The molecule has 1 heterocycles. The molecule has 114 valence electrons. The predicted octanol–water partition coefficient (Wildman–Crippen LogP) is 1.88. The highest BCUT2D eigenvalue weighted by Crippen LogP contribution is 2.17. The number of hydrogen-bond donors (Lipinski definition) is 1. The first-order chi connectivity index (χ1) is 9.88. The van der Waals surface area contributed by atoms with Gasteiger partial charge in [0.05, 0.1) is 12.5 Å². The number of carbonyl (C=O) groups excluding carboxylic acids is 2. The number of hydrogen-bond acceptors (Lipinski definition) is 3. The van der Waals surface area contributed by atoms with Crippen LogP contribution in [0.1, 0.15) is 32.8 Å². The third kappa shape index (κ3) is 3.67. The van der Waals surface area contributed by atoms with Crippen LogP contribution in [-0.2, 0) is 16.0 Å². The molecule has 2 amide bonds. The largest absolute Gasteiger partial charge is 0.303 e. The van der Waals surface area contributed by atoms with Crippen LogP contribution in [0.5, 0.6) is 0 Å². The van der Waals surface area contributed by atoms with Crippen LogP contribution in [0.2, 0.25) is 0 Å². The molecule has 1 aromatic rings. The minimum absolute atomic E-state index is 0.0318. The molecule has 0 aromatic heterocycles. The van der Waals surface area contributed by atoms with E-state index in [9.17, 15) is 14.0 Å². The highest BCUT2D eigenvalue weighted by Gasteiger charge is 2.40. The minimum atomic E-state index is -0.449. The van der Waals surface area contributed by atoms with Crippen molar-refractivity contribution in [2.24, 2.45) is 0 Å². The highest BCUT2D eigenvalue weighted by molar-refractivity contribution is 6.05. The molecule has 5 heteroatoms. The van der Waals surface area contributed by atoms with Crippen molar-refractivity contribution in [2.45, 2.75) is 51.7 Å². The van der Waals surface area contributed by atoms with Gasteiger partial charge >= 0.3 is 0 Å². The first-order valence-corrected chi connectivity index (χ1v) is 7.25. The van der Waals surface area contributed by atoms with Crippen LogP contribution >= 0.6 is 0 Å². The van der Waals surface area contributed by atoms with Gasteiger partial charge in [0.1, 0.15) is 5.82 Å². The fourth-order valence-corrected chi connectivity index (χ4v) is 2.70. The van der Waals surface area contributed by atoms with Crippen LogP contribution in [-0.4, -0.2) is 34.8 Å². The van der Waals surface area contributed by atoms with E-state index in [1.165, 1.54) is 17.0 Å². The molecule has 1 fully saturated rings. The number of imide groups is 1. The van der Waals surface area contributed by atoms with Crippen molar-refractivity contribution in [3.8, 4) is 0 Å². The lowest BCUT2D eigenvalue weighted by Crippen LogP contribution is -2.45. The van der Waals surface area contributed by atoms with Gasteiger partial charge in [0, 0.05) is 12.1 Å². The fraction of sp³-hybridized carbons (Fsp3) is 0.500. The third-order valence-electron chi connectivity index (χ3n) is 3.64. The summed E-state index contributed by atoms with van der Waals surface area (Å²) in [5, 5.41) is 3.20. The number of nitrogens with one attached hydrogen (secondary N) is 1. The van der Waals surface area contributed by atoms with E-state index in [2.05, 4.69) is 5.32 Å². The van der Waals surface area contributed by atoms with Crippen LogP contribution in [0.15, 0.2) is 24.3 Å². The van der Waals surface area contributed by atoms with E-state index in [-0.39, 0.29) is 36.1 Å². The van der Waals surface area contributed by atoms with E-state index >= 15 is 0 Å². The van der Waals surface area contributed by atoms with Gasteiger partial charge in [0.25, 0.3) is 0 Å². The molecule has 2 rings (SSSR count). The van der Waals surface area contributed by atoms with Gasteiger partial charge in [-0.2, -0.15) is 0 Å². The summed E-state index contributed by atoms with van der Waals surface area (Å²) in [6.07, 6.45) is 0.894. The number of rotatable bonds is 5. The summed E-state index contributed by atoms with van der Waals surface area (Å²) < 4.78 is 12.9.